The van der Waals surface area contributed by atoms with Crippen LogP contribution in [0.5, 0.6) is 0 Å². The fourth-order valence-electron chi connectivity index (χ4n) is 3.15. The maximum Gasteiger partial charge on any atom is 0.264 e. The van der Waals surface area contributed by atoms with Gasteiger partial charge in [0.25, 0.3) is 15.9 Å². The van der Waals surface area contributed by atoms with E-state index in [-0.39, 0.29) is 21.5 Å². The van der Waals surface area contributed by atoms with Crippen molar-refractivity contribution < 1.29 is 17.6 Å². The molecule has 30 heavy (non-hydrogen) atoms. The van der Waals surface area contributed by atoms with Crippen LogP contribution in [0.15, 0.2) is 58.4 Å². The van der Waals surface area contributed by atoms with Crippen LogP contribution in [0.1, 0.15) is 24.2 Å². The number of rotatable bonds is 6. The Hall–Kier alpha value is -3.20. The Labute approximate surface area is 173 Å². The van der Waals surface area contributed by atoms with Crippen molar-refractivity contribution in [1.29, 1.82) is 0 Å². The summed E-state index contributed by atoms with van der Waals surface area (Å²) < 4.78 is 40.2. The minimum absolute atomic E-state index is 0.0485. The third-order valence-corrected chi connectivity index (χ3v) is 6.76. The van der Waals surface area contributed by atoms with Gasteiger partial charge in [0.2, 0.25) is 5.43 Å². The number of carbonyl (C=O) groups excluding carboxylic acids is 1. The first-order valence-corrected chi connectivity index (χ1v) is 10.8. The molecule has 158 valence electrons. The summed E-state index contributed by atoms with van der Waals surface area (Å²) >= 11 is 0. The Kier molecular flexibility index (Phi) is 5.93. The molecule has 1 heterocycles. The van der Waals surface area contributed by atoms with E-state index in [1.807, 2.05) is 13.8 Å². The Bertz CT molecular complexity index is 1250. The van der Waals surface area contributed by atoms with E-state index in [2.05, 4.69) is 4.98 Å². The smallest absolute Gasteiger partial charge is 0.264 e. The molecule has 0 aliphatic carbocycles. The van der Waals surface area contributed by atoms with Crippen molar-refractivity contribution in [1.82, 2.24) is 9.88 Å². The monoisotopic (exact) mass is 431 g/mol. The number of hydrogen-bond donors (Lipinski definition) is 1. The van der Waals surface area contributed by atoms with Gasteiger partial charge in [0.1, 0.15) is 11.4 Å². The van der Waals surface area contributed by atoms with Gasteiger partial charge < -0.3 is 9.88 Å². The molecule has 3 rings (SSSR count). The molecule has 0 aliphatic heterocycles. The molecule has 1 amide bonds. The molecule has 0 aliphatic rings. The van der Waals surface area contributed by atoms with Gasteiger partial charge in [0.15, 0.2) is 0 Å². The second-order valence-corrected chi connectivity index (χ2v) is 8.63. The van der Waals surface area contributed by atoms with E-state index in [0.717, 1.165) is 16.4 Å². The molecule has 3 aromatic rings. The number of sulfonamides is 1. The number of H-pyrrole nitrogens is 1. The molecule has 0 saturated heterocycles. The highest BCUT2D eigenvalue weighted by Gasteiger charge is 2.23. The van der Waals surface area contributed by atoms with E-state index in [1.165, 1.54) is 48.5 Å². The molecule has 0 bridgehead atoms. The highest BCUT2D eigenvalue weighted by molar-refractivity contribution is 7.92. The van der Waals surface area contributed by atoms with Crippen LogP contribution in [0.3, 0.4) is 0 Å². The fourth-order valence-corrected chi connectivity index (χ4v) is 4.37. The molecule has 0 radical (unpaired) electrons. The van der Waals surface area contributed by atoms with Gasteiger partial charge in [-0.2, -0.15) is 0 Å². The molecule has 7 nitrogen and oxygen atoms in total. The summed E-state index contributed by atoms with van der Waals surface area (Å²) in [4.78, 5) is 29.9. The zero-order chi connectivity index (χ0) is 22.1. The number of nitrogens with zero attached hydrogens (tertiary/aromatic N) is 2. The second kappa shape index (κ2) is 8.27. The number of aromatic nitrogens is 1. The minimum Gasteiger partial charge on any atom is -0.360 e. The van der Waals surface area contributed by atoms with E-state index in [4.69, 9.17) is 0 Å². The van der Waals surface area contributed by atoms with Gasteiger partial charge in [-0.05, 0) is 56.3 Å². The van der Waals surface area contributed by atoms with Gasteiger partial charge >= 0.3 is 0 Å². The molecular formula is C21H22FN3O4S. The normalized spacial score (nSPS) is 11.5. The second-order valence-electron chi connectivity index (χ2n) is 6.67. The Morgan fingerprint density at radius 1 is 1.07 bits per heavy atom. The summed E-state index contributed by atoms with van der Waals surface area (Å²) in [5.74, 6) is -0.896. The highest BCUT2D eigenvalue weighted by atomic mass is 32.2. The zero-order valence-corrected chi connectivity index (χ0v) is 17.7. The zero-order valence-electron chi connectivity index (χ0n) is 16.8. The Morgan fingerprint density at radius 2 is 1.70 bits per heavy atom. The summed E-state index contributed by atoms with van der Waals surface area (Å²) in [5, 5.41) is 0.0987. The Morgan fingerprint density at radius 3 is 2.30 bits per heavy atom. The average Bonchev–Trinajstić information content (AvgIpc) is 2.74. The predicted molar refractivity (Wildman–Crippen MR) is 114 cm³/mol. The summed E-state index contributed by atoms with van der Waals surface area (Å²) in [5.41, 5.74) is 0.102. The molecule has 0 spiro atoms. The lowest BCUT2D eigenvalue weighted by atomic mass is 10.1. The number of fused-ring (bicyclic) bond motifs is 1. The SMILES string of the molecule is CCN(CC)C(=O)c1c[nH]c2ccc(S(=O)(=O)N(C)c3ccc(F)cc3)cc2c1=O. The van der Waals surface area contributed by atoms with Gasteiger partial charge in [-0.1, -0.05) is 0 Å². The quantitative estimate of drug-likeness (QED) is 0.650. The summed E-state index contributed by atoms with van der Waals surface area (Å²) in [7, 11) is -2.66. The number of anilines is 1. The van der Waals surface area contributed by atoms with Crippen molar-refractivity contribution in [2.24, 2.45) is 0 Å². The number of carbonyl (C=O) groups is 1. The van der Waals surface area contributed by atoms with Crippen LogP contribution in [-0.2, 0) is 10.0 Å². The van der Waals surface area contributed by atoms with Gasteiger partial charge in [-0.25, -0.2) is 12.8 Å². The van der Waals surface area contributed by atoms with E-state index in [9.17, 15) is 22.4 Å². The highest BCUT2D eigenvalue weighted by Crippen LogP contribution is 2.24. The first-order chi connectivity index (χ1) is 14.2. The number of pyridine rings is 1. The van der Waals surface area contributed by atoms with Crippen LogP contribution in [0.4, 0.5) is 10.1 Å². The number of halogens is 1. The number of aromatic amines is 1. The topological polar surface area (TPSA) is 90.6 Å². The van der Waals surface area contributed by atoms with Crippen molar-refractivity contribution in [2.45, 2.75) is 18.7 Å². The van der Waals surface area contributed by atoms with Crippen LogP contribution < -0.4 is 9.73 Å². The lowest BCUT2D eigenvalue weighted by Gasteiger charge is -2.20. The predicted octanol–water partition coefficient (Wildman–Crippen LogP) is 2.97. The standard InChI is InChI=1S/C21H22FN3O4S/c1-4-25(5-2)21(27)18-13-23-19-11-10-16(12-17(19)20(18)26)30(28,29)24(3)15-8-6-14(22)7-9-15/h6-13H,4-5H2,1-3H3,(H,23,26). The molecular weight excluding hydrogens is 409 g/mol. The van der Waals surface area contributed by atoms with Crippen molar-refractivity contribution in [3.63, 3.8) is 0 Å². The van der Waals surface area contributed by atoms with E-state index >= 15 is 0 Å². The molecule has 9 heteroatoms. The molecule has 0 unspecified atom stereocenters. The summed E-state index contributed by atoms with van der Waals surface area (Å²) in [6.07, 6.45) is 1.35. The number of amides is 1. The third-order valence-electron chi connectivity index (χ3n) is 4.98. The lowest BCUT2D eigenvalue weighted by Crippen LogP contribution is -2.34. The van der Waals surface area contributed by atoms with Crippen molar-refractivity contribution in [3.8, 4) is 0 Å². The molecule has 2 aromatic carbocycles. The molecule has 1 aromatic heterocycles. The lowest BCUT2D eigenvalue weighted by molar-refractivity contribution is 0.0771. The summed E-state index contributed by atoms with van der Waals surface area (Å²) in [6, 6.07) is 9.13. The first-order valence-electron chi connectivity index (χ1n) is 9.40. The Balaban J connectivity index is 2.09. The van der Waals surface area contributed by atoms with E-state index in [1.54, 1.807) is 0 Å². The molecule has 0 atom stereocenters. The molecule has 0 saturated carbocycles. The van der Waals surface area contributed by atoms with Crippen LogP contribution in [0.25, 0.3) is 10.9 Å². The molecule has 1 N–H and O–H groups in total. The van der Waals surface area contributed by atoms with Crippen LogP contribution in [-0.4, -0.2) is 44.3 Å². The van der Waals surface area contributed by atoms with E-state index in [0.29, 0.717) is 18.6 Å². The van der Waals surface area contributed by atoms with Gasteiger partial charge in [0.05, 0.1) is 10.6 Å². The summed E-state index contributed by atoms with van der Waals surface area (Å²) in [6.45, 7) is 4.52. The van der Waals surface area contributed by atoms with Gasteiger partial charge in [0, 0.05) is 37.2 Å². The maximum atomic E-state index is 13.2. The van der Waals surface area contributed by atoms with Gasteiger partial charge in [-0.3, -0.25) is 13.9 Å². The van der Waals surface area contributed by atoms with Crippen molar-refractivity contribution in [3.05, 3.63) is 70.3 Å². The van der Waals surface area contributed by atoms with Crippen LogP contribution in [0, 0.1) is 5.82 Å². The van der Waals surface area contributed by atoms with Crippen LogP contribution >= 0.6 is 0 Å². The van der Waals surface area contributed by atoms with Crippen LogP contribution in [0.2, 0.25) is 0 Å². The van der Waals surface area contributed by atoms with E-state index < -0.39 is 27.2 Å². The van der Waals surface area contributed by atoms with Gasteiger partial charge in [-0.15, -0.1) is 0 Å². The van der Waals surface area contributed by atoms with Crippen molar-refractivity contribution in [2.75, 3.05) is 24.4 Å². The first kappa shape index (κ1) is 21.5. The fraction of sp³-hybridized carbons (Fsp3) is 0.238. The maximum absolute atomic E-state index is 13.2. The average molecular weight is 431 g/mol. The minimum atomic E-state index is -4.01. The number of hydrogen-bond acceptors (Lipinski definition) is 4. The largest absolute Gasteiger partial charge is 0.360 e. The number of nitrogens with one attached hydrogen (secondary N) is 1. The van der Waals surface area contributed by atoms with Crippen molar-refractivity contribution >= 4 is 32.5 Å². The number of benzene rings is 2. The molecule has 0 fully saturated rings. The third kappa shape index (κ3) is 3.80.